The SMILES string of the molecule is O=C1c2cccc3cccc(c23)C(=O)N1c1cccc(Cl)c1Cl. The molecule has 3 aromatic carbocycles. The van der Waals surface area contributed by atoms with Crippen molar-refractivity contribution >= 4 is 51.5 Å². The zero-order chi connectivity index (χ0) is 16.1. The second-order valence-electron chi connectivity index (χ2n) is 5.23. The van der Waals surface area contributed by atoms with Crippen LogP contribution in [0.15, 0.2) is 54.6 Å². The van der Waals surface area contributed by atoms with Gasteiger partial charge in [-0.2, -0.15) is 0 Å². The van der Waals surface area contributed by atoms with E-state index in [0.29, 0.717) is 27.2 Å². The lowest BCUT2D eigenvalue weighted by Gasteiger charge is -2.28. The molecule has 0 bridgehead atoms. The zero-order valence-corrected chi connectivity index (χ0v) is 13.2. The molecule has 0 atom stereocenters. The Kier molecular flexibility index (Phi) is 3.15. The van der Waals surface area contributed by atoms with Gasteiger partial charge in [-0.05, 0) is 29.7 Å². The van der Waals surface area contributed by atoms with Crippen LogP contribution in [-0.4, -0.2) is 11.8 Å². The summed E-state index contributed by atoms with van der Waals surface area (Å²) < 4.78 is 0. The van der Waals surface area contributed by atoms with Crippen molar-refractivity contribution in [3.8, 4) is 0 Å². The Bertz CT molecular complexity index is 947. The number of nitrogens with zero attached hydrogens (tertiary/aromatic N) is 1. The average Bonchev–Trinajstić information content (AvgIpc) is 2.56. The molecule has 0 radical (unpaired) electrons. The molecule has 0 saturated carbocycles. The van der Waals surface area contributed by atoms with Crippen LogP contribution in [0, 0.1) is 0 Å². The van der Waals surface area contributed by atoms with Crippen molar-refractivity contribution in [2.75, 3.05) is 4.90 Å². The van der Waals surface area contributed by atoms with Crippen LogP contribution in [0.3, 0.4) is 0 Å². The second kappa shape index (κ2) is 5.08. The monoisotopic (exact) mass is 341 g/mol. The molecule has 0 aromatic heterocycles. The standard InChI is InChI=1S/C18H9Cl2NO2/c19-13-8-3-9-14(16(13)20)21-17(22)11-6-1-4-10-5-2-7-12(15(10)11)18(21)23/h1-9H. The number of anilines is 1. The van der Waals surface area contributed by atoms with Crippen LogP contribution in [-0.2, 0) is 0 Å². The Morgan fingerprint density at radius 3 is 1.91 bits per heavy atom. The van der Waals surface area contributed by atoms with Crippen LogP contribution >= 0.6 is 23.2 Å². The third-order valence-corrected chi connectivity index (χ3v) is 4.75. The smallest absolute Gasteiger partial charge is 0.266 e. The number of imide groups is 1. The molecule has 5 heteroatoms. The first-order valence-electron chi connectivity index (χ1n) is 6.94. The highest BCUT2D eigenvalue weighted by Gasteiger charge is 2.35. The summed E-state index contributed by atoms with van der Waals surface area (Å²) in [5, 5.41) is 2.02. The van der Waals surface area contributed by atoms with Gasteiger partial charge in [0.1, 0.15) is 0 Å². The molecule has 0 unspecified atom stereocenters. The van der Waals surface area contributed by atoms with Gasteiger partial charge in [0.2, 0.25) is 0 Å². The minimum Gasteiger partial charge on any atom is -0.268 e. The number of halogens is 2. The third-order valence-electron chi connectivity index (χ3n) is 3.94. The molecule has 0 spiro atoms. The highest BCUT2D eigenvalue weighted by Crippen LogP contribution is 2.38. The van der Waals surface area contributed by atoms with E-state index in [-0.39, 0.29) is 5.02 Å². The minimum absolute atomic E-state index is 0.183. The van der Waals surface area contributed by atoms with Crippen LogP contribution in [0.25, 0.3) is 10.8 Å². The largest absolute Gasteiger partial charge is 0.268 e. The van der Waals surface area contributed by atoms with Gasteiger partial charge in [-0.15, -0.1) is 0 Å². The van der Waals surface area contributed by atoms with Gasteiger partial charge in [0.25, 0.3) is 11.8 Å². The van der Waals surface area contributed by atoms with E-state index in [1.165, 1.54) is 0 Å². The molecule has 23 heavy (non-hydrogen) atoms. The van der Waals surface area contributed by atoms with Crippen molar-refractivity contribution in [1.29, 1.82) is 0 Å². The molecule has 0 saturated heterocycles. The first-order valence-corrected chi connectivity index (χ1v) is 7.70. The van der Waals surface area contributed by atoms with Crippen molar-refractivity contribution < 1.29 is 9.59 Å². The Balaban J connectivity index is 2.02. The molecule has 3 aromatic rings. The molecule has 1 heterocycles. The van der Waals surface area contributed by atoms with E-state index in [1.54, 1.807) is 42.5 Å². The van der Waals surface area contributed by atoms with Crippen molar-refractivity contribution in [2.45, 2.75) is 0 Å². The topological polar surface area (TPSA) is 37.4 Å². The van der Waals surface area contributed by atoms with Crippen LogP contribution in [0.1, 0.15) is 20.7 Å². The van der Waals surface area contributed by atoms with Gasteiger partial charge in [0, 0.05) is 16.5 Å². The van der Waals surface area contributed by atoms with E-state index in [2.05, 4.69) is 0 Å². The summed E-state index contributed by atoms with van der Waals surface area (Å²) in [7, 11) is 0. The molecule has 112 valence electrons. The molecule has 4 rings (SSSR count). The highest BCUT2D eigenvalue weighted by molar-refractivity contribution is 6.46. The molecule has 0 aliphatic carbocycles. The van der Waals surface area contributed by atoms with E-state index in [0.717, 1.165) is 10.3 Å². The van der Waals surface area contributed by atoms with E-state index >= 15 is 0 Å². The molecule has 2 amide bonds. The Hall–Kier alpha value is -2.36. The molecule has 1 aliphatic heterocycles. The van der Waals surface area contributed by atoms with Gasteiger partial charge in [-0.25, -0.2) is 4.90 Å². The molecule has 0 N–H and O–H groups in total. The summed E-state index contributed by atoms with van der Waals surface area (Å²) in [4.78, 5) is 26.9. The Labute approximate surface area is 142 Å². The van der Waals surface area contributed by atoms with Crippen LogP contribution < -0.4 is 4.90 Å². The van der Waals surface area contributed by atoms with Gasteiger partial charge in [0.05, 0.1) is 15.7 Å². The first kappa shape index (κ1) is 14.2. The normalized spacial score (nSPS) is 13.7. The molecule has 3 nitrogen and oxygen atoms in total. The third kappa shape index (κ3) is 1.97. The van der Waals surface area contributed by atoms with Gasteiger partial charge in [0.15, 0.2) is 0 Å². The van der Waals surface area contributed by atoms with Crippen molar-refractivity contribution in [3.63, 3.8) is 0 Å². The Morgan fingerprint density at radius 1 is 0.739 bits per heavy atom. The van der Waals surface area contributed by atoms with Crippen molar-refractivity contribution in [1.82, 2.24) is 0 Å². The Morgan fingerprint density at radius 2 is 1.30 bits per heavy atom. The fraction of sp³-hybridized carbons (Fsp3) is 0. The van der Waals surface area contributed by atoms with Gasteiger partial charge < -0.3 is 0 Å². The summed E-state index contributed by atoms with van der Waals surface area (Å²) in [6.45, 7) is 0. The quantitative estimate of drug-likeness (QED) is 0.587. The lowest BCUT2D eigenvalue weighted by molar-refractivity contribution is 0.0893. The molecular formula is C18H9Cl2NO2. The average molecular weight is 342 g/mol. The maximum Gasteiger partial charge on any atom is 0.266 e. The number of carbonyl (C=O) groups is 2. The number of amides is 2. The van der Waals surface area contributed by atoms with Crippen molar-refractivity contribution in [3.05, 3.63) is 75.8 Å². The number of hydrogen-bond acceptors (Lipinski definition) is 2. The predicted octanol–water partition coefficient (Wildman–Crippen LogP) is 4.95. The molecule has 1 aliphatic rings. The summed E-state index contributed by atoms with van der Waals surface area (Å²) in [5.41, 5.74) is 1.25. The molecule has 0 fully saturated rings. The lowest BCUT2D eigenvalue weighted by Crippen LogP contribution is -2.40. The van der Waals surface area contributed by atoms with Crippen LogP contribution in [0.2, 0.25) is 10.0 Å². The van der Waals surface area contributed by atoms with E-state index in [4.69, 9.17) is 23.2 Å². The summed E-state index contributed by atoms with van der Waals surface area (Å²) >= 11 is 12.2. The second-order valence-corrected chi connectivity index (χ2v) is 6.01. The van der Waals surface area contributed by atoms with Crippen LogP contribution in [0.4, 0.5) is 5.69 Å². The van der Waals surface area contributed by atoms with Gasteiger partial charge in [-0.3, -0.25) is 9.59 Å². The molecular weight excluding hydrogens is 333 g/mol. The predicted molar refractivity (Wildman–Crippen MR) is 91.6 cm³/mol. The van der Waals surface area contributed by atoms with E-state index < -0.39 is 11.8 Å². The summed E-state index contributed by atoms with van der Waals surface area (Å²) in [6, 6.07) is 15.7. The van der Waals surface area contributed by atoms with Gasteiger partial charge in [-0.1, -0.05) is 53.5 Å². The minimum atomic E-state index is -0.400. The fourth-order valence-corrected chi connectivity index (χ4v) is 3.29. The van der Waals surface area contributed by atoms with Crippen LogP contribution in [0.5, 0.6) is 0 Å². The maximum absolute atomic E-state index is 12.9. The number of rotatable bonds is 1. The van der Waals surface area contributed by atoms with E-state index in [1.807, 2.05) is 12.1 Å². The zero-order valence-electron chi connectivity index (χ0n) is 11.7. The highest BCUT2D eigenvalue weighted by atomic mass is 35.5. The fourth-order valence-electron chi connectivity index (χ4n) is 2.91. The van der Waals surface area contributed by atoms with Gasteiger partial charge >= 0.3 is 0 Å². The number of benzene rings is 3. The summed E-state index contributed by atoms with van der Waals surface area (Å²) in [5.74, 6) is -0.799. The van der Waals surface area contributed by atoms with E-state index in [9.17, 15) is 9.59 Å². The first-order chi connectivity index (χ1) is 11.1. The number of carbonyl (C=O) groups excluding carboxylic acids is 2. The summed E-state index contributed by atoms with van der Waals surface area (Å²) in [6.07, 6.45) is 0. The lowest BCUT2D eigenvalue weighted by atomic mass is 9.94. The number of hydrogen-bond donors (Lipinski definition) is 0. The maximum atomic E-state index is 12.9. The van der Waals surface area contributed by atoms with Crippen molar-refractivity contribution in [2.24, 2.45) is 0 Å².